The molecule has 3 aromatic rings. The molecule has 1 fully saturated rings. The average Bonchev–Trinajstić information content (AvgIpc) is 3.50. The Labute approximate surface area is 267 Å². The van der Waals surface area contributed by atoms with Crippen molar-refractivity contribution in [1.82, 2.24) is 0 Å². The van der Waals surface area contributed by atoms with E-state index < -0.39 is 0 Å². The van der Waals surface area contributed by atoms with E-state index in [4.69, 9.17) is 0 Å². The summed E-state index contributed by atoms with van der Waals surface area (Å²) in [5.74, 6) is 2.06. The zero-order valence-corrected chi connectivity index (χ0v) is 30.4. The first-order valence-electron chi connectivity index (χ1n) is 15.2. The summed E-state index contributed by atoms with van der Waals surface area (Å²) in [7, 11) is 4.57. The van der Waals surface area contributed by atoms with Crippen molar-refractivity contribution >= 4 is 21.1 Å². The molecule has 1 saturated heterocycles. The van der Waals surface area contributed by atoms with Crippen LogP contribution in [0.4, 0.5) is 11.4 Å². The fourth-order valence-electron chi connectivity index (χ4n) is 5.93. The Kier molecular flexibility index (Phi) is 13.6. The number of hydrogen-bond donors (Lipinski definition) is 0. The maximum absolute atomic E-state index is 4.57. The van der Waals surface area contributed by atoms with E-state index in [9.17, 15) is 0 Å². The van der Waals surface area contributed by atoms with Crippen molar-refractivity contribution in [2.24, 2.45) is 0 Å². The monoisotopic (exact) mass is 663 g/mol. The van der Waals surface area contributed by atoms with Crippen LogP contribution < -0.4 is 9.80 Å². The molecular weight excluding hydrogens is 609 g/mol. The van der Waals surface area contributed by atoms with Gasteiger partial charge >= 0.3 is 27.0 Å². The summed E-state index contributed by atoms with van der Waals surface area (Å²) < 4.78 is 0. The number of halogens is 1. The quantitative estimate of drug-likeness (QED) is 0.191. The predicted molar refractivity (Wildman–Crippen MR) is 180 cm³/mol. The molecule has 0 aliphatic carbocycles. The van der Waals surface area contributed by atoms with Crippen molar-refractivity contribution in [3.8, 4) is 0 Å². The van der Waals surface area contributed by atoms with Crippen molar-refractivity contribution in [2.75, 3.05) is 22.9 Å². The molecule has 229 valence electrons. The van der Waals surface area contributed by atoms with Crippen LogP contribution in [0.15, 0.2) is 36.4 Å². The van der Waals surface area contributed by atoms with Crippen molar-refractivity contribution in [2.45, 2.75) is 114 Å². The van der Waals surface area contributed by atoms with Gasteiger partial charge in [-0.25, -0.2) is 0 Å². The molecule has 0 radical (unpaired) electrons. The number of hydrogen-bond acceptors (Lipinski definition) is 2. The van der Waals surface area contributed by atoms with Gasteiger partial charge in [0.2, 0.25) is 0 Å². The third-order valence-electron chi connectivity index (χ3n) is 8.93. The molecule has 1 heterocycles. The van der Waals surface area contributed by atoms with Gasteiger partial charge in [0.25, 0.3) is 0 Å². The predicted octanol–water partition coefficient (Wildman–Crippen LogP) is 11.3. The molecule has 1 aliphatic heterocycles. The Morgan fingerprint density at radius 1 is 0.610 bits per heavy atom. The van der Waals surface area contributed by atoms with Gasteiger partial charge in [0, 0.05) is 24.5 Å². The SMILES string of the molecule is CC(C)c1cccc(C(C)C)c1N1[CH-]N(c2c(C(C)C)cccc2C(C)C)CC1.Cc1c(C)c(C)[c-](C)c1C.[Cl][Ru]. The Bertz CT molecular complexity index is 1070. The standard InChI is InChI=1S/C27H39N2.C10H15.ClH.Ru/c1-18(2)22-11-9-12-23(19(3)4)26(22)28-15-16-29(17-28)27-24(20(5)6)13-10-14-25(27)21(7)8;1-6-7(2)9(4)10(5)8(6)3;;/h9-14,17-21H,15-16H2,1-8H3;1-5H3;1H;/q2*-1;;+1/p-1. The van der Waals surface area contributed by atoms with Crippen molar-refractivity contribution in [1.29, 1.82) is 0 Å². The first-order valence-corrected chi connectivity index (χ1v) is 17.5. The molecule has 0 atom stereocenters. The van der Waals surface area contributed by atoms with Gasteiger partial charge in [0.1, 0.15) is 0 Å². The third kappa shape index (κ3) is 8.03. The maximum atomic E-state index is 4.57. The molecule has 4 heteroatoms. The van der Waals surface area contributed by atoms with E-state index in [1.807, 2.05) is 17.3 Å². The summed E-state index contributed by atoms with van der Waals surface area (Å²) >= 11 is 1.82. The van der Waals surface area contributed by atoms with Gasteiger partial charge in [-0.1, -0.05) is 126 Å². The summed E-state index contributed by atoms with van der Waals surface area (Å²) in [6.45, 7) is 33.9. The molecule has 41 heavy (non-hydrogen) atoms. The minimum atomic E-state index is 0.514. The second kappa shape index (κ2) is 15.7. The van der Waals surface area contributed by atoms with Crippen molar-refractivity contribution < 1.29 is 17.3 Å². The van der Waals surface area contributed by atoms with Crippen LogP contribution >= 0.6 is 9.69 Å². The Hall–Kier alpha value is -1.70. The zero-order valence-electron chi connectivity index (χ0n) is 27.9. The van der Waals surface area contributed by atoms with E-state index in [0.717, 1.165) is 13.1 Å². The molecule has 3 aromatic carbocycles. The Balaban J connectivity index is 0.000000410. The molecule has 0 saturated carbocycles. The van der Waals surface area contributed by atoms with E-state index in [2.05, 4.69) is 153 Å². The minimum absolute atomic E-state index is 0.514. The van der Waals surface area contributed by atoms with E-state index in [0.29, 0.717) is 23.7 Å². The van der Waals surface area contributed by atoms with Gasteiger partial charge in [-0.15, -0.1) is 0 Å². The number of nitrogens with zero attached hydrogens (tertiary/aromatic N) is 2. The van der Waals surface area contributed by atoms with Gasteiger partial charge in [-0.3, -0.25) is 0 Å². The molecule has 0 bridgehead atoms. The number of benzene rings is 2. The van der Waals surface area contributed by atoms with Crippen molar-refractivity contribution in [3.63, 3.8) is 0 Å². The van der Waals surface area contributed by atoms with Gasteiger partial charge in [0.15, 0.2) is 0 Å². The van der Waals surface area contributed by atoms with Crippen molar-refractivity contribution in [3.05, 3.63) is 93.1 Å². The van der Waals surface area contributed by atoms with Crippen LogP contribution in [0.3, 0.4) is 0 Å². The fourth-order valence-corrected chi connectivity index (χ4v) is 5.93. The van der Waals surface area contributed by atoms with E-state index in [1.165, 1.54) is 61.4 Å². The number of para-hydroxylation sites is 2. The molecule has 0 amide bonds. The van der Waals surface area contributed by atoms with E-state index in [1.54, 1.807) is 0 Å². The van der Waals surface area contributed by atoms with Crippen LogP contribution in [0.1, 0.15) is 129 Å². The second-order valence-electron chi connectivity index (χ2n) is 12.8. The second-order valence-corrected chi connectivity index (χ2v) is 12.8. The molecule has 1 aliphatic rings. The Morgan fingerprint density at radius 3 is 1.07 bits per heavy atom. The van der Waals surface area contributed by atoms with Crippen LogP contribution in [0.25, 0.3) is 0 Å². The summed E-state index contributed by atoms with van der Waals surface area (Å²) in [4.78, 5) is 5.01. The third-order valence-corrected chi connectivity index (χ3v) is 8.93. The first kappa shape index (κ1) is 35.5. The topological polar surface area (TPSA) is 6.48 Å². The molecule has 0 aromatic heterocycles. The average molecular weight is 663 g/mol. The first-order chi connectivity index (χ1) is 19.3. The van der Waals surface area contributed by atoms with Gasteiger partial charge in [0.05, 0.1) is 0 Å². The molecule has 0 unspecified atom stereocenters. The van der Waals surface area contributed by atoms with Crippen LogP contribution in [0, 0.1) is 41.3 Å². The normalized spacial score (nSPS) is 13.2. The zero-order chi connectivity index (χ0) is 31.2. The molecule has 2 nitrogen and oxygen atoms in total. The van der Waals surface area contributed by atoms with E-state index in [-0.39, 0.29) is 0 Å². The molecule has 4 rings (SSSR count). The van der Waals surface area contributed by atoms with Gasteiger partial charge in [-0.05, 0) is 45.9 Å². The van der Waals surface area contributed by atoms with Gasteiger partial charge < -0.3 is 9.80 Å². The summed E-state index contributed by atoms with van der Waals surface area (Å²) in [5.41, 5.74) is 16.0. The number of rotatable bonds is 6. The molecular formula is C37H54ClN2Ru-2. The molecule has 0 spiro atoms. The fraction of sp³-hybridized carbons (Fsp3) is 0.514. The summed E-state index contributed by atoms with van der Waals surface area (Å²) in [6.07, 6.45) is 0. The van der Waals surface area contributed by atoms with Crippen LogP contribution in [0.5, 0.6) is 0 Å². The summed E-state index contributed by atoms with van der Waals surface area (Å²) in [6, 6.07) is 13.7. The van der Waals surface area contributed by atoms with Crippen LogP contribution in [-0.4, -0.2) is 13.1 Å². The van der Waals surface area contributed by atoms with Gasteiger partial charge in [-0.2, -0.15) is 34.5 Å². The summed E-state index contributed by atoms with van der Waals surface area (Å²) in [5, 5.41) is 0. The Morgan fingerprint density at radius 2 is 0.878 bits per heavy atom. The van der Waals surface area contributed by atoms with Crippen LogP contribution in [0.2, 0.25) is 0 Å². The van der Waals surface area contributed by atoms with Crippen LogP contribution in [-0.2, 0) is 17.3 Å². The van der Waals surface area contributed by atoms with E-state index >= 15 is 0 Å². The molecule has 0 N–H and O–H groups in total. The number of anilines is 2.